The number of halogens is 2. The van der Waals surface area contributed by atoms with Crippen molar-refractivity contribution in [1.29, 1.82) is 0 Å². The Morgan fingerprint density at radius 3 is 2.94 bits per heavy atom. The smallest absolute Gasteiger partial charge is 0.322 e. The Kier molecular flexibility index (Phi) is 6.78. The van der Waals surface area contributed by atoms with Gasteiger partial charge in [-0.05, 0) is 24.3 Å². The first-order valence-electron chi connectivity index (χ1n) is 5.26. The molecular formula is C11H14Cl2N2O2S. The van der Waals surface area contributed by atoms with E-state index in [1.807, 2.05) is 0 Å². The maximum absolute atomic E-state index is 11.1. The van der Waals surface area contributed by atoms with Crippen LogP contribution in [-0.2, 0) is 15.3 Å². The quantitative estimate of drug-likeness (QED) is 0.497. The van der Waals surface area contributed by atoms with E-state index >= 15 is 0 Å². The molecular weight excluding hydrogens is 295 g/mol. The zero-order valence-electron chi connectivity index (χ0n) is 9.86. The highest BCUT2D eigenvalue weighted by Crippen LogP contribution is 2.21. The molecule has 1 heterocycles. The summed E-state index contributed by atoms with van der Waals surface area (Å²) in [6.07, 6.45) is 0.551. The predicted octanol–water partition coefficient (Wildman–Crippen LogP) is 2.51. The van der Waals surface area contributed by atoms with Crippen LogP contribution < -0.4 is 5.73 Å². The third-order valence-corrected chi connectivity index (χ3v) is 3.76. The van der Waals surface area contributed by atoms with Crippen LogP contribution in [0.4, 0.5) is 0 Å². The van der Waals surface area contributed by atoms with Crippen molar-refractivity contribution in [1.82, 2.24) is 4.98 Å². The van der Waals surface area contributed by atoms with Crippen molar-refractivity contribution in [3.8, 4) is 0 Å². The Labute approximate surface area is 120 Å². The molecule has 0 aliphatic heterocycles. The van der Waals surface area contributed by atoms with Crippen LogP contribution in [0.3, 0.4) is 0 Å². The van der Waals surface area contributed by atoms with Gasteiger partial charge in [0.2, 0.25) is 0 Å². The van der Waals surface area contributed by atoms with Crippen LogP contribution >= 0.6 is 35.0 Å². The number of pyridine rings is 1. The molecule has 1 unspecified atom stereocenters. The number of ether oxygens (including phenoxy) is 1. The third-order valence-electron chi connectivity index (χ3n) is 2.20. The van der Waals surface area contributed by atoms with Crippen molar-refractivity contribution in [3.63, 3.8) is 0 Å². The van der Waals surface area contributed by atoms with Gasteiger partial charge in [-0.2, -0.15) is 11.8 Å². The monoisotopic (exact) mass is 308 g/mol. The number of hydrogen-bond acceptors (Lipinski definition) is 5. The molecule has 2 N–H and O–H groups in total. The lowest BCUT2D eigenvalue weighted by Crippen LogP contribution is -2.31. The van der Waals surface area contributed by atoms with Crippen LogP contribution in [0.25, 0.3) is 0 Å². The van der Waals surface area contributed by atoms with Gasteiger partial charge >= 0.3 is 5.97 Å². The van der Waals surface area contributed by atoms with Crippen molar-refractivity contribution >= 4 is 40.9 Å². The third kappa shape index (κ3) is 5.02. The molecule has 1 aromatic heterocycles. The Morgan fingerprint density at radius 2 is 2.28 bits per heavy atom. The summed E-state index contributed by atoms with van der Waals surface area (Å²) in [5.41, 5.74) is 6.35. The molecule has 0 spiro atoms. The Bertz CT molecular complexity index is 418. The van der Waals surface area contributed by atoms with Gasteiger partial charge in [0.05, 0.1) is 17.8 Å². The molecule has 1 aromatic rings. The molecule has 0 aliphatic carbocycles. The maximum Gasteiger partial charge on any atom is 0.322 e. The summed E-state index contributed by atoms with van der Waals surface area (Å²) < 4.78 is 4.54. The fourth-order valence-corrected chi connectivity index (χ4v) is 2.60. The standard InChI is InChI=1S/C11H14Cl2N2O2S/c1-17-11(16)8(14)4-5-18-6-9-7(12)2-3-10(13)15-9/h2-3,8H,4-6,14H2,1H3. The summed E-state index contributed by atoms with van der Waals surface area (Å²) in [5.74, 6) is 0.961. The number of esters is 1. The highest BCUT2D eigenvalue weighted by Gasteiger charge is 2.13. The molecule has 1 atom stereocenters. The topological polar surface area (TPSA) is 65.2 Å². The van der Waals surface area contributed by atoms with E-state index in [1.165, 1.54) is 7.11 Å². The number of nitrogens with two attached hydrogens (primary N) is 1. The van der Waals surface area contributed by atoms with E-state index in [-0.39, 0.29) is 0 Å². The second-order valence-corrected chi connectivity index (χ2v) is 5.43. The van der Waals surface area contributed by atoms with E-state index in [1.54, 1.807) is 23.9 Å². The minimum Gasteiger partial charge on any atom is -0.468 e. The van der Waals surface area contributed by atoms with E-state index in [4.69, 9.17) is 28.9 Å². The summed E-state index contributed by atoms with van der Waals surface area (Å²) in [7, 11) is 1.32. The average Bonchev–Trinajstić information content (AvgIpc) is 2.37. The molecule has 0 saturated carbocycles. The molecule has 0 radical (unpaired) electrons. The number of carbonyl (C=O) groups excluding carboxylic acids is 1. The average molecular weight is 309 g/mol. The van der Waals surface area contributed by atoms with Gasteiger partial charge in [0.25, 0.3) is 0 Å². The molecule has 0 bridgehead atoms. The fraction of sp³-hybridized carbons (Fsp3) is 0.455. The van der Waals surface area contributed by atoms with Crippen LogP contribution in [0.5, 0.6) is 0 Å². The zero-order valence-corrected chi connectivity index (χ0v) is 12.2. The van der Waals surface area contributed by atoms with Gasteiger partial charge in [-0.1, -0.05) is 23.2 Å². The van der Waals surface area contributed by atoms with Crippen molar-refractivity contribution in [3.05, 3.63) is 28.0 Å². The summed E-state index contributed by atoms with van der Waals surface area (Å²) in [4.78, 5) is 15.2. The molecule has 100 valence electrons. The largest absolute Gasteiger partial charge is 0.468 e. The van der Waals surface area contributed by atoms with Crippen LogP contribution in [0.1, 0.15) is 12.1 Å². The molecule has 0 aliphatic rings. The summed E-state index contributed by atoms with van der Waals surface area (Å²) >= 11 is 13.3. The molecule has 0 fully saturated rings. The molecule has 4 nitrogen and oxygen atoms in total. The number of aromatic nitrogens is 1. The lowest BCUT2D eigenvalue weighted by molar-refractivity contribution is -0.142. The number of nitrogens with zero attached hydrogens (tertiary/aromatic N) is 1. The van der Waals surface area contributed by atoms with Crippen LogP contribution in [0, 0.1) is 0 Å². The number of hydrogen-bond donors (Lipinski definition) is 1. The van der Waals surface area contributed by atoms with Crippen LogP contribution in [0.15, 0.2) is 12.1 Å². The van der Waals surface area contributed by atoms with Crippen LogP contribution in [-0.4, -0.2) is 29.9 Å². The van der Waals surface area contributed by atoms with Gasteiger partial charge in [0.1, 0.15) is 11.2 Å². The maximum atomic E-state index is 11.1. The van der Waals surface area contributed by atoms with Gasteiger partial charge in [0, 0.05) is 5.75 Å². The number of rotatable bonds is 6. The Balaban J connectivity index is 2.34. The molecule has 0 saturated heterocycles. The van der Waals surface area contributed by atoms with Gasteiger partial charge in [-0.3, -0.25) is 4.79 Å². The Morgan fingerprint density at radius 1 is 1.56 bits per heavy atom. The summed E-state index contributed by atoms with van der Waals surface area (Å²) in [6, 6.07) is 2.78. The highest BCUT2D eigenvalue weighted by atomic mass is 35.5. The highest BCUT2D eigenvalue weighted by molar-refractivity contribution is 7.98. The first kappa shape index (κ1) is 15.6. The lowest BCUT2D eigenvalue weighted by Gasteiger charge is -2.08. The van der Waals surface area contributed by atoms with Crippen molar-refractivity contribution in [2.24, 2.45) is 5.73 Å². The first-order valence-corrected chi connectivity index (χ1v) is 7.17. The van der Waals surface area contributed by atoms with Gasteiger partial charge in [-0.15, -0.1) is 0 Å². The molecule has 18 heavy (non-hydrogen) atoms. The van der Waals surface area contributed by atoms with Gasteiger partial charge < -0.3 is 10.5 Å². The second-order valence-electron chi connectivity index (χ2n) is 3.53. The minimum atomic E-state index is -0.578. The van der Waals surface area contributed by atoms with E-state index in [0.29, 0.717) is 22.3 Å². The van der Waals surface area contributed by atoms with Crippen LogP contribution in [0.2, 0.25) is 10.2 Å². The zero-order chi connectivity index (χ0) is 13.5. The summed E-state index contributed by atoms with van der Waals surface area (Å²) in [5, 5.41) is 1.01. The Hall–Kier alpha value is -0.490. The second kappa shape index (κ2) is 7.84. The van der Waals surface area contributed by atoms with Gasteiger partial charge in [0.15, 0.2) is 0 Å². The predicted molar refractivity (Wildman–Crippen MR) is 75.0 cm³/mol. The van der Waals surface area contributed by atoms with Gasteiger partial charge in [-0.25, -0.2) is 4.98 Å². The fourth-order valence-electron chi connectivity index (χ4n) is 1.21. The van der Waals surface area contributed by atoms with E-state index in [0.717, 1.165) is 11.4 Å². The number of thioether (sulfide) groups is 1. The molecule has 7 heteroatoms. The van der Waals surface area contributed by atoms with Crippen molar-refractivity contribution in [2.45, 2.75) is 18.2 Å². The van der Waals surface area contributed by atoms with E-state index in [2.05, 4.69) is 9.72 Å². The van der Waals surface area contributed by atoms with Crippen molar-refractivity contribution < 1.29 is 9.53 Å². The summed E-state index contributed by atoms with van der Waals surface area (Å²) in [6.45, 7) is 0. The van der Waals surface area contributed by atoms with Crippen molar-refractivity contribution in [2.75, 3.05) is 12.9 Å². The first-order chi connectivity index (χ1) is 8.54. The lowest BCUT2D eigenvalue weighted by atomic mass is 10.2. The molecule has 0 aromatic carbocycles. The number of methoxy groups -OCH3 is 1. The number of carbonyl (C=O) groups is 1. The van der Waals surface area contributed by atoms with E-state index in [9.17, 15) is 4.79 Å². The minimum absolute atomic E-state index is 0.394. The molecule has 1 rings (SSSR count). The molecule has 0 amide bonds. The van der Waals surface area contributed by atoms with E-state index < -0.39 is 12.0 Å². The normalized spacial score (nSPS) is 12.2. The SMILES string of the molecule is COC(=O)C(N)CCSCc1nc(Cl)ccc1Cl.